The van der Waals surface area contributed by atoms with Crippen LogP contribution in [-0.4, -0.2) is 43.6 Å². The fourth-order valence-electron chi connectivity index (χ4n) is 1.52. The quantitative estimate of drug-likeness (QED) is 0.858. The Morgan fingerprint density at radius 3 is 2.84 bits per heavy atom. The fourth-order valence-corrected chi connectivity index (χ4v) is 2.16. The summed E-state index contributed by atoms with van der Waals surface area (Å²) >= 11 is 1.46. The average molecular weight is 280 g/mol. The summed E-state index contributed by atoms with van der Waals surface area (Å²) in [7, 11) is 0. The van der Waals surface area contributed by atoms with Gasteiger partial charge in [0, 0.05) is 24.2 Å². The van der Waals surface area contributed by atoms with Crippen LogP contribution in [0.3, 0.4) is 0 Å². The van der Waals surface area contributed by atoms with E-state index >= 15 is 0 Å². The number of amides is 1. The molecule has 2 heterocycles. The molecule has 0 aliphatic heterocycles. The number of aromatic carboxylic acids is 1. The number of hydrogen-bond donors (Lipinski definition) is 2. The van der Waals surface area contributed by atoms with Gasteiger partial charge in [-0.05, 0) is 6.92 Å². The number of thiazole rings is 1. The molecule has 0 saturated carbocycles. The van der Waals surface area contributed by atoms with Crippen molar-refractivity contribution in [3.8, 4) is 0 Å². The van der Waals surface area contributed by atoms with Crippen LogP contribution < -0.4 is 0 Å². The lowest BCUT2D eigenvalue weighted by Gasteiger charge is -2.18. The molecule has 100 valence electrons. The Balaban J connectivity index is 2.13. The Kier molecular flexibility index (Phi) is 3.91. The summed E-state index contributed by atoms with van der Waals surface area (Å²) in [5.41, 5.74) is -0.00976. The zero-order valence-electron chi connectivity index (χ0n) is 10.2. The van der Waals surface area contributed by atoms with E-state index in [0.29, 0.717) is 13.1 Å². The van der Waals surface area contributed by atoms with Crippen LogP contribution >= 0.6 is 11.3 Å². The molecule has 2 N–H and O–H groups in total. The van der Waals surface area contributed by atoms with Gasteiger partial charge in [-0.2, -0.15) is 5.10 Å². The summed E-state index contributed by atoms with van der Waals surface area (Å²) in [5.74, 6) is -1.46. The lowest BCUT2D eigenvalue weighted by molar-refractivity contribution is 0.0690. The second kappa shape index (κ2) is 5.61. The smallest absolute Gasteiger partial charge is 0.353 e. The van der Waals surface area contributed by atoms with E-state index in [-0.39, 0.29) is 17.3 Å². The van der Waals surface area contributed by atoms with Crippen molar-refractivity contribution in [2.75, 3.05) is 6.54 Å². The minimum Gasteiger partial charge on any atom is -0.477 e. The first kappa shape index (κ1) is 13.2. The molecule has 0 radical (unpaired) electrons. The highest BCUT2D eigenvalue weighted by atomic mass is 32.1. The van der Waals surface area contributed by atoms with Crippen molar-refractivity contribution in [3.05, 3.63) is 34.0 Å². The highest BCUT2D eigenvalue weighted by Crippen LogP contribution is 2.11. The summed E-state index contributed by atoms with van der Waals surface area (Å²) in [4.78, 5) is 28.6. The molecule has 0 aromatic carbocycles. The average Bonchev–Trinajstić information content (AvgIpc) is 3.06. The maximum atomic E-state index is 12.2. The van der Waals surface area contributed by atoms with Crippen LogP contribution in [0, 0.1) is 0 Å². The van der Waals surface area contributed by atoms with Gasteiger partial charge in [0.15, 0.2) is 5.69 Å². The van der Waals surface area contributed by atoms with Crippen LogP contribution in [-0.2, 0) is 6.54 Å². The maximum Gasteiger partial charge on any atom is 0.353 e. The van der Waals surface area contributed by atoms with E-state index in [1.807, 2.05) is 12.3 Å². The molecule has 0 aliphatic rings. The van der Waals surface area contributed by atoms with Gasteiger partial charge in [-0.25, -0.2) is 9.78 Å². The molecule has 0 bridgehead atoms. The van der Waals surface area contributed by atoms with Gasteiger partial charge in [-0.3, -0.25) is 9.89 Å². The van der Waals surface area contributed by atoms with E-state index in [1.54, 1.807) is 11.1 Å². The first-order chi connectivity index (χ1) is 9.11. The van der Waals surface area contributed by atoms with Gasteiger partial charge in [0.05, 0.1) is 6.54 Å². The molecule has 0 unspecified atom stereocenters. The minimum atomic E-state index is -1.14. The fraction of sp³-hybridized carbons (Fsp3) is 0.273. The number of rotatable bonds is 5. The predicted molar refractivity (Wildman–Crippen MR) is 68.1 cm³/mol. The lowest BCUT2D eigenvalue weighted by atomic mass is 10.3. The van der Waals surface area contributed by atoms with E-state index in [1.165, 1.54) is 17.4 Å². The Morgan fingerprint density at radius 1 is 1.53 bits per heavy atom. The third-order valence-electron chi connectivity index (χ3n) is 2.51. The second-order valence-corrected chi connectivity index (χ2v) is 4.70. The van der Waals surface area contributed by atoms with Crippen molar-refractivity contribution in [1.29, 1.82) is 0 Å². The van der Waals surface area contributed by atoms with Crippen LogP contribution in [0.5, 0.6) is 0 Å². The molecule has 0 saturated heterocycles. The van der Waals surface area contributed by atoms with Crippen LogP contribution in [0.2, 0.25) is 0 Å². The summed E-state index contributed by atoms with van der Waals surface area (Å²) in [6.45, 7) is 2.73. The molecule has 2 aromatic rings. The normalized spacial score (nSPS) is 10.4. The van der Waals surface area contributed by atoms with Crippen LogP contribution in [0.1, 0.15) is 32.9 Å². The summed E-state index contributed by atoms with van der Waals surface area (Å²) in [6.07, 6.45) is 1.68. The molecular formula is C11H12N4O3S. The standard InChI is InChI=1S/C11H12N4O3S/c1-2-15(6-9-12-3-4-19-9)10(16)7-5-8(11(17)18)14-13-7/h3-5H,2,6H2,1H3,(H,13,14)(H,17,18). The van der Waals surface area contributed by atoms with Gasteiger partial charge in [-0.15, -0.1) is 11.3 Å². The van der Waals surface area contributed by atoms with Gasteiger partial charge in [0.25, 0.3) is 5.91 Å². The molecule has 0 spiro atoms. The van der Waals surface area contributed by atoms with Crippen molar-refractivity contribution < 1.29 is 14.7 Å². The number of nitrogens with zero attached hydrogens (tertiary/aromatic N) is 3. The largest absolute Gasteiger partial charge is 0.477 e. The van der Waals surface area contributed by atoms with Crippen molar-refractivity contribution >= 4 is 23.2 Å². The van der Waals surface area contributed by atoms with Gasteiger partial charge in [0.2, 0.25) is 0 Å². The monoisotopic (exact) mass is 280 g/mol. The second-order valence-electron chi connectivity index (χ2n) is 3.72. The number of carbonyl (C=O) groups is 2. The molecule has 19 heavy (non-hydrogen) atoms. The summed E-state index contributed by atoms with van der Waals surface area (Å²) in [6, 6.07) is 1.23. The first-order valence-electron chi connectivity index (χ1n) is 5.58. The molecule has 2 rings (SSSR count). The number of carbonyl (C=O) groups excluding carboxylic acids is 1. The van der Waals surface area contributed by atoms with Gasteiger partial charge in [0.1, 0.15) is 10.7 Å². The summed E-state index contributed by atoms with van der Waals surface area (Å²) in [5, 5.41) is 17.5. The summed E-state index contributed by atoms with van der Waals surface area (Å²) < 4.78 is 0. The number of aromatic nitrogens is 3. The predicted octanol–water partition coefficient (Wildman–Crippen LogP) is 1.23. The SMILES string of the molecule is CCN(Cc1nccs1)C(=O)c1cc(C(=O)O)[nH]n1. The van der Waals surface area contributed by atoms with E-state index in [4.69, 9.17) is 5.11 Å². The van der Waals surface area contributed by atoms with E-state index in [2.05, 4.69) is 15.2 Å². The Labute approximate surface area is 112 Å². The maximum absolute atomic E-state index is 12.2. The minimum absolute atomic E-state index is 0.0933. The number of H-pyrrole nitrogens is 1. The molecule has 2 aromatic heterocycles. The topological polar surface area (TPSA) is 99.2 Å². The third kappa shape index (κ3) is 2.97. The molecule has 0 atom stereocenters. The van der Waals surface area contributed by atoms with Crippen molar-refractivity contribution in [2.45, 2.75) is 13.5 Å². The Bertz CT molecular complexity index is 579. The number of nitrogens with one attached hydrogen (secondary N) is 1. The van der Waals surface area contributed by atoms with Crippen LogP contribution in [0.4, 0.5) is 0 Å². The Hall–Kier alpha value is -2.22. The molecule has 0 fully saturated rings. The third-order valence-corrected chi connectivity index (χ3v) is 3.27. The Morgan fingerprint density at radius 2 is 2.32 bits per heavy atom. The molecule has 7 nitrogen and oxygen atoms in total. The zero-order chi connectivity index (χ0) is 13.8. The van der Waals surface area contributed by atoms with E-state index in [9.17, 15) is 9.59 Å². The van der Waals surface area contributed by atoms with E-state index in [0.717, 1.165) is 5.01 Å². The molecule has 1 amide bonds. The molecule has 8 heteroatoms. The van der Waals surface area contributed by atoms with Gasteiger partial charge < -0.3 is 10.0 Å². The number of hydrogen-bond acceptors (Lipinski definition) is 5. The number of carboxylic acid groups (broad SMARTS) is 1. The van der Waals surface area contributed by atoms with Crippen molar-refractivity contribution in [2.24, 2.45) is 0 Å². The van der Waals surface area contributed by atoms with Crippen LogP contribution in [0.25, 0.3) is 0 Å². The van der Waals surface area contributed by atoms with Gasteiger partial charge in [-0.1, -0.05) is 0 Å². The van der Waals surface area contributed by atoms with Gasteiger partial charge >= 0.3 is 5.97 Å². The highest BCUT2D eigenvalue weighted by molar-refractivity contribution is 7.09. The lowest BCUT2D eigenvalue weighted by Crippen LogP contribution is -2.30. The van der Waals surface area contributed by atoms with Crippen molar-refractivity contribution in [1.82, 2.24) is 20.1 Å². The number of aromatic amines is 1. The van der Waals surface area contributed by atoms with E-state index < -0.39 is 5.97 Å². The van der Waals surface area contributed by atoms with Crippen molar-refractivity contribution in [3.63, 3.8) is 0 Å². The zero-order valence-corrected chi connectivity index (χ0v) is 11.0. The first-order valence-corrected chi connectivity index (χ1v) is 6.46. The molecule has 0 aliphatic carbocycles. The number of carboxylic acids is 1. The highest BCUT2D eigenvalue weighted by Gasteiger charge is 2.20. The van der Waals surface area contributed by atoms with Crippen LogP contribution in [0.15, 0.2) is 17.6 Å². The molecular weight excluding hydrogens is 268 g/mol.